The number of hydrogen-bond acceptors (Lipinski definition) is 8. The number of anilines is 4. The zero-order valence-electron chi connectivity index (χ0n) is 19.9. The van der Waals surface area contributed by atoms with Crippen LogP contribution in [0.15, 0.2) is 72.6 Å². The Kier molecular flexibility index (Phi) is 7.00. The number of ether oxygens (including phenoxy) is 1. The third-order valence-corrected chi connectivity index (χ3v) is 7.00. The molecule has 1 amide bonds. The number of aromatic nitrogens is 2. The summed E-state index contributed by atoms with van der Waals surface area (Å²) >= 11 is 1.48. The van der Waals surface area contributed by atoms with Gasteiger partial charge in [0, 0.05) is 36.2 Å². The monoisotopic (exact) mass is 515 g/mol. The molecule has 1 aliphatic heterocycles. The molecule has 0 atom stereocenters. The van der Waals surface area contributed by atoms with Gasteiger partial charge in [-0.25, -0.2) is 4.98 Å². The molecule has 0 unspecified atom stereocenters. The molecule has 0 bridgehead atoms. The van der Waals surface area contributed by atoms with Gasteiger partial charge in [-0.15, -0.1) is 11.3 Å². The van der Waals surface area contributed by atoms with Gasteiger partial charge in [0.1, 0.15) is 10.4 Å². The summed E-state index contributed by atoms with van der Waals surface area (Å²) in [7, 11) is 0. The highest BCUT2D eigenvalue weighted by Gasteiger charge is 2.24. The Bertz CT molecular complexity index is 1440. The van der Waals surface area contributed by atoms with E-state index in [0.717, 1.165) is 34.7 Å². The fraction of sp³-hybridized carbons (Fsp3) is 0.185. The van der Waals surface area contributed by atoms with Crippen LogP contribution in [0, 0.1) is 5.92 Å². The number of hydrogen-bond donors (Lipinski definition) is 3. The second-order valence-corrected chi connectivity index (χ2v) is 9.50. The van der Waals surface area contributed by atoms with Crippen molar-refractivity contribution < 1.29 is 19.4 Å². The van der Waals surface area contributed by atoms with Crippen LogP contribution in [0.25, 0.3) is 10.2 Å². The first kappa shape index (κ1) is 24.3. The molecule has 0 saturated carbocycles. The van der Waals surface area contributed by atoms with Crippen molar-refractivity contribution in [2.45, 2.75) is 12.8 Å². The van der Waals surface area contributed by atoms with Crippen LogP contribution in [-0.4, -0.2) is 40.0 Å². The number of carboxylic acids is 1. The Balaban J connectivity index is 1.31. The summed E-state index contributed by atoms with van der Waals surface area (Å²) in [6, 6.07) is 16.9. The molecular formula is C27H25N5O4S. The van der Waals surface area contributed by atoms with E-state index in [1.807, 2.05) is 35.7 Å². The summed E-state index contributed by atoms with van der Waals surface area (Å²) < 4.78 is 6.91. The third kappa shape index (κ3) is 5.70. The number of aliphatic carboxylic acids is 1. The molecule has 0 spiro atoms. The lowest BCUT2D eigenvalue weighted by Crippen LogP contribution is -2.36. The molecule has 2 aromatic heterocycles. The predicted molar refractivity (Wildman–Crippen MR) is 145 cm³/mol. The number of amides is 1. The van der Waals surface area contributed by atoms with Gasteiger partial charge in [0.15, 0.2) is 0 Å². The van der Waals surface area contributed by atoms with E-state index in [4.69, 9.17) is 4.74 Å². The van der Waals surface area contributed by atoms with Crippen LogP contribution in [0.4, 0.5) is 23.0 Å². The van der Waals surface area contributed by atoms with Crippen molar-refractivity contribution >= 4 is 56.4 Å². The molecule has 1 fully saturated rings. The summed E-state index contributed by atoms with van der Waals surface area (Å²) in [6.07, 6.45) is 2.51. The molecule has 188 valence electrons. The Hall–Kier alpha value is -4.44. The number of thiophene rings is 1. The molecule has 5 rings (SSSR count). The average molecular weight is 516 g/mol. The van der Waals surface area contributed by atoms with E-state index >= 15 is 0 Å². The summed E-state index contributed by atoms with van der Waals surface area (Å²) in [5.74, 6) is 0.0578. The van der Waals surface area contributed by atoms with Gasteiger partial charge in [-0.3, -0.25) is 9.59 Å². The lowest BCUT2D eigenvalue weighted by molar-refractivity contribution is -0.142. The molecule has 4 aromatic rings. The Morgan fingerprint density at radius 1 is 1.08 bits per heavy atom. The fourth-order valence-electron chi connectivity index (χ4n) is 4.17. The van der Waals surface area contributed by atoms with Gasteiger partial charge in [-0.2, -0.15) is 4.98 Å². The number of nitrogens with one attached hydrogen (secondary N) is 2. The van der Waals surface area contributed by atoms with Gasteiger partial charge >= 0.3 is 5.97 Å². The largest absolute Gasteiger partial charge is 0.481 e. The fourth-order valence-corrected chi connectivity index (χ4v) is 4.93. The van der Waals surface area contributed by atoms with E-state index in [2.05, 4.69) is 32.1 Å². The highest BCUT2D eigenvalue weighted by molar-refractivity contribution is 7.17. The van der Waals surface area contributed by atoms with Crippen LogP contribution in [0.3, 0.4) is 0 Å². The van der Waals surface area contributed by atoms with Crippen LogP contribution >= 0.6 is 11.3 Å². The third-order valence-electron chi connectivity index (χ3n) is 6.11. The van der Waals surface area contributed by atoms with E-state index in [-0.39, 0.29) is 11.8 Å². The molecule has 3 N–H and O–H groups in total. The zero-order chi connectivity index (χ0) is 25.8. The highest BCUT2D eigenvalue weighted by Crippen LogP contribution is 2.34. The van der Waals surface area contributed by atoms with E-state index in [1.165, 1.54) is 17.4 Å². The van der Waals surface area contributed by atoms with Gasteiger partial charge < -0.3 is 25.4 Å². The van der Waals surface area contributed by atoms with Crippen LogP contribution in [-0.2, 0) is 9.59 Å². The quantitative estimate of drug-likeness (QED) is 0.258. The van der Waals surface area contributed by atoms with E-state index in [1.54, 1.807) is 24.3 Å². The molecule has 1 aliphatic rings. The minimum Gasteiger partial charge on any atom is -0.481 e. The van der Waals surface area contributed by atoms with E-state index < -0.39 is 5.97 Å². The van der Waals surface area contributed by atoms with Gasteiger partial charge in [-0.1, -0.05) is 12.6 Å². The molecule has 10 heteroatoms. The maximum atomic E-state index is 11.6. The Labute approximate surface area is 217 Å². The second kappa shape index (κ2) is 10.7. The van der Waals surface area contributed by atoms with Crippen molar-refractivity contribution in [3.05, 3.63) is 72.6 Å². The first-order chi connectivity index (χ1) is 18.0. The summed E-state index contributed by atoms with van der Waals surface area (Å²) in [4.78, 5) is 34.3. The van der Waals surface area contributed by atoms with Crippen LogP contribution in [0.2, 0.25) is 0 Å². The molecule has 2 aromatic carbocycles. The van der Waals surface area contributed by atoms with Gasteiger partial charge in [-0.05, 0) is 66.8 Å². The van der Waals surface area contributed by atoms with Crippen LogP contribution < -0.4 is 20.3 Å². The van der Waals surface area contributed by atoms with Gasteiger partial charge in [0.2, 0.25) is 17.7 Å². The topological polar surface area (TPSA) is 117 Å². The summed E-state index contributed by atoms with van der Waals surface area (Å²) in [5, 5.41) is 17.1. The van der Waals surface area contributed by atoms with E-state index in [9.17, 15) is 14.7 Å². The average Bonchev–Trinajstić information content (AvgIpc) is 3.38. The summed E-state index contributed by atoms with van der Waals surface area (Å²) in [6.45, 7) is 4.91. The minimum atomic E-state index is -0.711. The van der Waals surface area contributed by atoms with Crippen molar-refractivity contribution in [1.29, 1.82) is 0 Å². The zero-order valence-corrected chi connectivity index (χ0v) is 20.7. The van der Waals surface area contributed by atoms with E-state index in [0.29, 0.717) is 36.1 Å². The lowest BCUT2D eigenvalue weighted by Gasteiger charge is -2.32. The summed E-state index contributed by atoms with van der Waals surface area (Å²) in [5.41, 5.74) is 3.21. The first-order valence-electron chi connectivity index (χ1n) is 11.8. The lowest BCUT2D eigenvalue weighted by atomic mass is 9.97. The Morgan fingerprint density at radius 2 is 1.86 bits per heavy atom. The number of fused-ring (bicyclic) bond motifs is 1. The normalized spacial score (nSPS) is 13.8. The molecule has 37 heavy (non-hydrogen) atoms. The number of rotatable bonds is 8. The standard InChI is InChI=1S/C27H25N5O4S/c1-2-23(33)28-19-4-3-5-21(16-19)36-25-24-22(12-15-37-24)30-27(31-25)29-18-6-8-20(9-7-18)32-13-10-17(11-14-32)26(34)35/h2-9,12,15-17H,1,10-11,13-14H2,(H,28,33)(H,34,35)(H,29,30,31). The predicted octanol–water partition coefficient (Wildman–Crippen LogP) is 5.65. The molecular weight excluding hydrogens is 490 g/mol. The van der Waals surface area contributed by atoms with Crippen LogP contribution in [0.1, 0.15) is 12.8 Å². The second-order valence-electron chi connectivity index (χ2n) is 8.58. The number of piperidine rings is 1. The first-order valence-corrected chi connectivity index (χ1v) is 12.7. The molecule has 0 radical (unpaired) electrons. The Morgan fingerprint density at radius 3 is 2.59 bits per heavy atom. The SMILES string of the molecule is C=CC(=O)Nc1cccc(Oc2nc(Nc3ccc(N4CCC(C(=O)O)CC4)cc3)nc3ccsc23)c1. The van der Waals surface area contributed by atoms with Gasteiger partial charge in [0.25, 0.3) is 0 Å². The minimum absolute atomic E-state index is 0.258. The maximum Gasteiger partial charge on any atom is 0.306 e. The van der Waals surface area contributed by atoms with Crippen LogP contribution in [0.5, 0.6) is 11.6 Å². The van der Waals surface area contributed by atoms with Crippen molar-refractivity contribution in [1.82, 2.24) is 9.97 Å². The smallest absolute Gasteiger partial charge is 0.306 e. The molecule has 1 saturated heterocycles. The van der Waals surface area contributed by atoms with Crippen molar-refractivity contribution in [3.63, 3.8) is 0 Å². The highest BCUT2D eigenvalue weighted by atomic mass is 32.1. The molecule has 9 nitrogen and oxygen atoms in total. The number of carboxylic acid groups (broad SMARTS) is 1. The number of benzene rings is 2. The molecule has 0 aliphatic carbocycles. The maximum absolute atomic E-state index is 11.6. The number of nitrogens with zero attached hydrogens (tertiary/aromatic N) is 3. The van der Waals surface area contributed by atoms with Crippen molar-refractivity contribution in [2.75, 3.05) is 28.6 Å². The van der Waals surface area contributed by atoms with Crippen molar-refractivity contribution in [2.24, 2.45) is 5.92 Å². The van der Waals surface area contributed by atoms with Gasteiger partial charge in [0.05, 0.1) is 11.4 Å². The molecule has 3 heterocycles. The van der Waals surface area contributed by atoms with Crippen molar-refractivity contribution in [3.8, 4) is 11.6 Å². The number of carbonyl (C=O) groups is 2. The number of carbonyl (C=O) groups excluding carboxylic acids is 1.